The highest BCUT2D eigenvalue weighted by atomic mass is 16.2. The van der Waals surface area contributed by atoms with E-state index in [4.69, 9.17) is 5.73 Å². The molecule has 1 rings (SSSR count). The molecule has 1 aliphatic rings. The lowest BCUT2D eigenvalue weighted by Crippen LogP contribution is -2.50. The molecule has 80 valence electrons. The number of rotatable bonds is 2. The lowest BCUT2D eigenvalue weighted by atomic mass is 9.91. The van der Waals surface area contributed by atoms with Crippen molar-refractivity contribution in [3.63, 3.8) is 0 Å². The summed E-state index contributed by atoms with van der Waals surface area (Å²) in [4.78, 5) is 13.6. The Kier molecular flexibility index (Phi) is 4.14. The molecule has 1 amide bonds. The van der Waals surface area contributed by atoms with Gasteiger partial charge in [0.15, 0.2) is 0 Å². The molecule has 2 N–H and O–H groups in total. The van der Waals surface area contributed by atoms with Gasteiger partial charge in [-0.3, -0.25) is 4.79 Å². The van der Waals surface area contributed by atoms with Crippen LogP contribution in [0.1, 0.15) is 26.7 Å². The SMILES string of the molecule is CC=CC(=O)N1CCCC(C)C1CN. The van der Waals surface area contributed by atoms with Crippen molar-refractivity contribution in [2.75, 3.05) is 13.1 Å². The highest BCUT2D eigenvalue weighted by Crippen LogP contribution is 2.22. The Morgan fingerprint density at radius 3 is 2.93 bits per heavy atom. The van der Waals surface area contributed by atoms with E-state index in [-0.39, 0.29) is 11.9 Å². The molecule has 0 aliphatic carbocycles. The van der Waals surface area contributed by atoms with Gasteiger partial charge in [-0.25, -0.2) is 0 Å². The first-order chi connectivity index (χ1) is 6.70. The van der Waals surface area contributed by atoms with E-state index in [1.807, 2.05) is 11.8 Å². The molecule has 2 unspecified atom stereocenters. The minimum atomic E-state index is 0.106. The fourth-order valence-corrected chi connectivity index (χ4v) is 2.12. The fourth-order valence-electron chi connectivity index (χ4n) is 2.12. The van der Waals surface area contributed by atoms with Crippen molar-refractivity contribution in [1.82, 2.24) is 4.90 Å². The number of nitrogens with zero attached hydrogens (tertiary/aromatic N) is 1. The van der Waals surface area contributed by atoms with E-state index < -0.39 is 0 Å². The van der Waals surface area contributed by atoms with E-state index >= 15 is 0 Å². The number of piperidine rings is 1. The third-order valence-electron chi connectivity index (χ3n) is 2.95. The topological polar surface area (TPSA) is 46.3 Å². The van der Waals surface area contributed by atoms with Crippen molar-refractivity contribution in [2.45, 2.75) is 32.7 Å². The first-order valence-corrected chi connectivity index (χ1v) is 5.34. The number of hydrogen-bond donors (Lipinski definition) is 1. The number of likely N-dealkylation sites (tertiary alicyclic amines) is 1. The van der Waals surface area contributed by atoms with Crippen LogP contribution in [0.2, 0.25) is 0 Å². The fraction of sp³-hybridized carbons (Fsp3) is 0.727. The van der Waals surface area contributed by atoms with Gasteiger partial charge in [-0.05, 0) is 31.8 Å². The van der Waals surface area contributed by atoms with Gasteiger partial charge in [-0.15, -0.1) is 0 Å². The zero-order valence-electron chi connectivity index (χ0n) is 9.07. The Bertz CT molecular complexity index is 225. The van der Waals surface area contributed by atoms with Gasteiger partial charge < -0.3 is 10.6 Å². The minimum Gasteiger partial charge on any atom is -0.335 e. The number of allylic oxidation sites excluding steroid dienone is 1. The molecule has 0 aromatic carbocycles. The standard InChI is InChI=1S/C11H20N2O/c1-3-5-11(14)13-7-4-6-9(2)10(13)8-12/h3,5,9-10H,4,6-8,12H2,1-2H3. The van der Waals surface area contributed by atoms with E-state index in [0.29, 0.717) is 12.5 Å². The largest absolute Gasteiger partial charge is 0.335 e. The van der Waals surface area contributed by atoms with E-state index in [1.165, 1.54) is 6.42 Å². The molecule has 2 atom stereocenters. The summed E-state index contributed by atoms with van der Waals surface area (Å²) in [6.45, 7) is 5.47. The smallest absolute Gasteiger partial charge is 0.246 e. The molecule has 3 heteroatoms. The quantitative estimate of drug-likeness (QED) is 0.673. The maximum absolute atomic E-state index is 11.7. The predicted octanol–water partition coefficient (Wildman–Crippen LogP) is 1.15. The highest BCUT2D eigenvalue weighted by molar-refractivity contribution is 5.87. The normalized spacial score (nSPS) is 28.4. The van der Waals surface area contributed by atoms with Crippen LogP contribution in [0, 0.1) is 5.92 Å². The Balaban J connectivity index is 2.69. The van der Waals surface area contributed by atoms with Gasteiger partial charge in [0.05, 0.1) is 0 Å². The number of hydrogen-bond acceptors (Lipinski definition) is 2. The summed E-state index contributed by atoms with van der Waals surface area (Å²) in [5.74, 6) is 0.637. The Labute approximate surface area is 86.0 Å². The number of amides is 1. The van der Waals surface area contributed by atoms with Gasteiger partial charge >= 0.3 is 0 Å². The van der Waals surface area contributed by atoms with Crippen LogP contribution >= 0.6 is 0 Å². The zero-order chi connectivity index (χ0) is 10.6. The van der Waals surface area contributed by atoms with Crippen LogP contribution in [0.3, 0.4) is 0 Å². The summed E-state index contributed by atoms with van der Waals surface area (Å²) >= 11 is 0. The molecule has 1 saturated heterocycles. The Hall–Kier alpha value is -0.830. The number of carbonyl (C=O) groups excluding carboxylic acids is 1. The third kappa shape index (κ3) is 2.35. The zero-order valence-corrected chi connectivity index (χ0v) is 9.07. The summed E-state index contributed by atoms with van der Waals surface area (Å²) in [6, 6.07) is 0.229. The molecule has 3 nitrogen and oxygen atoms in total. The van der Waals surface area contributed by atoms with Crippen LogP contribution in [0.15, 0.2) is 12.2 Å². The van der Waals surface area contributed by atoms with E-state index in [2.05, 4.69) is 6.92 Å². The molecule has 1 aliphatic heterocycles. The molecular formula is C11H20N2O. The molecule has 0 bridgehead atoms. The maximum atomic E-state index is 11.7. The second-order valence-corrected chi connectivity index (χ2v) is 3.95. The van der Waals surface area contributed by atoms with Crippen molar-refractivity contribution in [3.05, 3.63) is 12.2 Å². The van der Waals surface area contributed by atoms with Gasteiger partial charge in [0.2, 0.25) is 5.91 Å². The molecule has 1 fully saturated rings. The number of carbonyl (C=O) groups is 1. The maximum Gasteiger partial charge on any atom is 0.246 e. The van der Waals surface area contributed by atoms with Crippen LogP contribution < -0.4 is 5.73 Å². The van der Waals surface area contributed by atoms with Crippen LogP contribution in [0.5, 0.6) is 0 Å². The van der Waals surface area contributed by atoms with E-state index in [9.17, 15) is 4.79 Å². The molecule has 14 heavy (non-hydrogen) atoms. The molecule has 0 saturated carbocycles. The van der Waals surface area contributed by atoms with Gasteiger partial charge in [0.1, 0.15) is 0 Å². The predicted molar refractivity (Wildman–Crippen MR) is 57.8 cm³/mol. The van der Waals surface area contributed by atoms with Gasteiger partial charge in [0.25, 0.3) is 0 Å². The minimum absolute atomic E-state index is 0.106. The van der Waals surface area contributed by atoms with Crippen LogP contribution in [-0.4, -0.2) is 29.9 Å². The molecular weight excluding hydrogens is 176 g/mol. The first kappa shape index (κ1) is 11.2. The Morgan fingerprint density at radius 2 is 2.36 bits per heavy atom. The average molecular weight is 196 g/mol. The lowest BCUT2D eigenvalue weighted by molar-refractivity contribution is -0.130. The van der Waals surface area contributed by atoms with Gasteiger partial charge in [-0.2, -0.15) is 0 Å². The van der Waals surface area contributed by atoms with Gasteiger partial charge in [-0.1, -0.05) is 13.0 Å². The number of nitrogens with two attached hydrogens (primary N) is 1. The Morgan fingerprint density at radius 1 is 1.64 bits per heavy atom. The summed E-state index contributed by atoms with van der Waals surface area (Å²) in [7, 11) is 0. The van der Waals surface area contributed by atoms with Gasteiger partial charge in [0, 0.05) is 19.1 Å². The molecule has 0 aromatic heterocycles. The molecule has 1 heterocycles. The third-order valence-corrected chi connectivity index (χ3v) is 2.95. The van der Waals surface area contributed by atoms with Crippen molar-refractivity contribution in [2.24, 2.45) is 11.7 Å². The van der Waals surface area contributed by atoms with E-state index in [0.717, 1.165) is 13.0 Å². The van der Waals surface area contributed by atoms with Crippen LogP contribution in [-0.2, 0) is 4.79 Å². The average Bonchev–Trinajstić information content (AvgIpc) is 2.17. The van der Waals surface area contributed by atoms with Crippen LogP contribution in [0.4, 0.5) is 0 Å². The van der Waals surface area contributed by atoms with Crippen molar-refractivity contribution < 1.29 is 4.79 Å². The lowest BCUT2D eigenvalue weighted by Gasteiger charge is -2.38. The van der Waals surface area contributed by atoms with Crippen LogP contribution in [0.25, 0.3) is 0 Å². The summed E-state index contributed by atoms with van der Waals surface area (Å²) in [6.07, 6.45) is 5.69. The monoisotopic (exact) mass is 196 g/mol. The molecule has 0 aromatic rings. The molecule has 0 radical (unpaired) electrons. The van der Waals surface area contributed by atoms with E-state index in [1.54, 1.807) is 12.2 Å². The first-order valence-electron chi connectivity index (χ1n) is 5.34. The van der Waals surface area contributed by atoms with Crippen molar-refractivity contribution in [3.8, 4) is 0 Å². The summed E-state index contributed by atoms with van der Waals surface area (Å²) in [5.41, 5.74) is 5.70. The van der Waals surface area contributed by atoms with Crippen molar-refractivity contribution >= 4 is 5.91 Å². The summed E-state index contributed by atoms with van der Waals surface area (Å²) < 4.78 is 0. The summed E-state index contributed by atoms with van der Waals surface area (Å²) in [5, 5.41) is 0. The second kappa shape index (κ2) is 5.15. The van der Waals surface area contributed by atoms with Crippen molar-refractivity contribution in [1.29, 1.82) is 0 Å². The molecule has 0 spiro atoms. The second-order valence-electron chi connectivity index (χ2n) is 3.95. The highest BCUT2D eigenvalue weighted by Gasteiger charge is 2.29.